The van der Waals surface area contributed by atoms with Gasteiger partial charge in [-0.05, 0) is 30.4 Å². The lowest BCUT2D eigenvalue weighted by Gasteiger charge is -2.07. The molecule has 0 N–H and O–H groups in total. The normalized spacial score (nSPS) is 10.9. The lowest BCUT2D eigenvalue weighted by molar-refractivity contribution is 0.605. The van der Waals surface area contributed by atoms with Gasteiger partial charge in [0.15, 0.2) is 0 Å². The van der Waals surface area contributed by atoms with Crippen LogP contribution in [0.1, 0.15) is 13.3 Å². The lowest BCUT2D eigenvalue weighted by Crippen LogP contribution is -1.87. The van der Waals surface area contributed by atoms with E-state index in [1.807, 2.05) is 6.07 Å². The molecule has 0 amide bonds. The highest BCUT2D eigenvalue weighted by molar-refractivity contribution is 7.99. The monoisotopic (exact) mass is 255 g/mol. The van der Waals surface area contributed by atoms with E-state index in [1.165, 1.54) is 17.8 Å². The number of rotatable bonds is 3. The Labute approximate surface area is 103 Å². The Hall–Kier alpha value is -0.800. The number of pyridine rings is 1. The summed E-state index contributed by atoms with van der Waals surface area (Å²) in [4.78, 5) is 4.66. The van der Waals surface area contributed by atoms with Crippen molar-refractivity contribution >= 4 is 34.1 Å². The number of benzene rings is 1. The molecule has 0 saturated carbocycles. The van der Waals surface area contributed by atoms with Crippen molar-refractivity contribution in [2.75, 3.05) is 5.75 Å². The van der Waals surface area contributed by atoms with Gasteiger partial charge in [0.2, 0.25) is 0 Å². The lowest BCUT2D eigenvalue weighted by atomic mass is 10.2. The highest BCUT2D eigenvalue weighted by atomic mass is 35.5. The minimum atomic E-state index is -0.187. The van der Waals surface area contributed by atoms with Crippen LogP contribution < -0.4 is 0 Å². The van der Waals surface area contributed by atoms with Crippen LogP contribution in [0.15, 0.2) is 29.3 Å². The van der Waals surface area contributed by atoms with Gasteiger partial charge in [0.05, 0.1) is 4.90 Å². The summed E-state index contributed by atoms with van der Waals surface area (Å²) in [6, 6.07) is 4.94. The van der Waals surface area contributed by atoms with Gasteiger partial charge in [0, 0.05) is 17.0 Å². The van der Waals surface area contributed by atoms with Crippen LogP contribution in [-0.4, -0.2) is 10.7 Å². The van der Waals surface area contributed by atoms with E-state index in [-0.39, 0.29) is 5.82 Å². The fourth-order valence-corrected chi connectivity index (χ4v) is 2.68. The Morgan fingerprint density at radius 2 is 2.12 bits per heavy atom. The van der Waals surface area contributed by atoms with E-state index in [9.17, 15) is 4.39 Å². The molecule has 0 saturated heterocycles. The molecule has 16 heavy (non-hydrogen) atoms. The number of fused-ring (bicyclic) bond motifs is 1. The molecule has 1 nitrogen and oxygen atoms in total. The van der Waals surface area contributed by atoms with Gasteiger partial charge in [-0.25, -0.2) is 9.37 Å². The van der Waals surface area contributed by atoms with E-state index in [0.29, 0.717) is 10.0 Å². The predicted octanol–water partition coefficient (Wildman–Crippen LogP) is 4.53. The third kappa shape index (κ3) is 2.15. The number of hydrogen-bond donors (Lipinski definition) is 0. The fraction of sp³-hybridized carbons (Fsp3) is 0.250. The molecule has 0 atom stereocenters. The van der Waals surface area contributed by atoms with E-state index in [4.69, 9.17) is 11.6 Å². The summed E-state index contributed by atoms with van der Waals surface area (Å²) in [6.07, 6.45) is 2.62. The summed E-state index contributed by atoms with van der Waals surface area (Å²) >= 11 is 7.50. The topological polar surface area (TPSA) is 12.9 Å². The Balaban J connectivity index is 2.60. The van der Waals surface area contributed by atoms with Crippen LogP contribution in [-0.2, 0) is 0 Å². The standard InChI is InChI=1S/C12H11ClFNS/c1-2-7-16-11-8-5-6-15-12(13)9(8)3-4-10(11)14/h3-6H,2,7H2,1H3. The molecule has 1 aromatic heterocycles. The predicted molar refractivity (Wildman–Crippen MR) is 67.7 cm³/mol. The maximum atomic E-state index is 13.7. The number of hydrogen-bond acceptors (Lipinski definition) is 2. The second kappa shape index (κ2) is 5.02. The molecule has 0 bridgehead atoms. The fourth-order valence-electron chi connectivity index (χ4n) is 1.52. The van der Waals surface area contributed by atoms with Gasteiger partial charge in [-0.15, -0.1) is 11.8 Å². The highest BCUT2D eigenvalue weighted by Crippen LogP contribution is 2.33. The number of thioether (sulfide) groups is 1. The zero-order valence-corrected chi connectivity index (χ0v) is 10.4. The van der Waals surface area contributed by atoms with Gasteiger partial charge in [-0.3, -0.25) is 0 Å². The van der Waals surface area contributed by atoms with Gasteiger partial charge in [0.1, 0.15) is 11.0 Å². The molecule has 84 valence electrons. The first-order valence-corrected chi connectivity index (χ1v) is 6.46. The van der Waals surface area contributed by atoms with Crippen LogP contribution >= 0.6 is 23.4 Å². The minimum Gasteiger partial charge on any atom is -0.244 e. The zero-order valence-electron chi connectivity index (χ0n) is 8.84. The number of halogens is 2. The first-order chi connectivity index (χ1) is 7.74. The van der Waals surface area contributed by atoms with Crippen LogP contribution in [0, 0.1) is 5.82 Å². The molecule has 1 heterocycles. The maximum absolute atomic E-state index is 13.7. The van der Waals surface area contributed by atoms with E-state index in [0.717, 1.165) is 22.9 Å². The van der Waals surface area contributed by atoms with Crippen LogP contribution in [0.2, 0.25) is 5.15 Å². The molecular weight excluding hydrogens is 245 g/mol. The van der Waals surface area contributed by atoms with Crippen molar-refractivity contribution in [3.63, 3.8) is 0 Å². The molecule has 0 aliphatic carbocycles. The van der Waals surface area contributed by atoms with Gasteiger partial charge < -0.3 is 0 Å². The summed E-state index contributed by atoms with van der Waals surface area (Å²) in [5.41, 5.74) is 0. The van der Waals surface area contributed by atoms with E-state index in [2.05, 4.69) is 11.9 Å². The van der Waals surface area contributed by atoms with E-state index < -0.39 is 0 Å². The van der Waals surface area contributed by atoms with E-state index >= 15 is 0 Å². The summed E-state index contributed by atoms with van der Waals surface area (Å²) < 4.78 is 13.7. The summed E-state index contributed by atoms with van der Waals surface area (Å²) in [6.45, 7) is 2.07. The number of nitrogens with zero attached hydrogens (tertiary/aromatic N) is 1. The molecule has 4 heteroatoms. The quantitative estimate of drug-likeness (QED) is 0.590. The molecule has 0 radical (unpaired) electrons. The van der Waals surface area contributed by atoms with Crippen molar-refractivity contribution in [1.82, 2.24) is 4.98 Å². The molecule has 0 fully saturated rings. The van der Waals surface area contributed by atoms with Crippen molar-refractivity contribution in [1.29, 1.82) is 0 Å². The van der Waals surface area contributed by atoms with Crippen molar-refractivity contribution < 1.29 is 4.39 Å². The Morgan fingerprint density at radius 1 is 1.31 bits per heavy atom. The average molecular weight is 256 g/mol. The maximum Gasteiger partial charge on any atom is 0.137 e. The Morgan fingerprint density at radius 3 is 2.88 bits per heavy atom. The first-order valence-electron chi connectivity index (χ1n) is 5.09. The minimum absolute atomic E-state index is 0.187. The summed E-state index contributed by atoms with van der Waals surface area (Å²) in [7, 11) is 0. The van der Waals surface area contributed by atoms with Gasteiger partial charge in [-0.1, -0.05) is 18.5 Å². The molecule has 0 spiro atoms. The van der Waals surface area contributed by atoms with E-state index in [1.54, 1.807) is 12.3 Å². The second-order valence-corrected chi connectivity index (χ2v) is 4.89. The molecule has 1 aromatic carbocycles. The number of aromatic nitrogens is 1. The Kier molecular flexibility index (Phi) is 3.66. The van der Waals surface area contributed by atoms with Crippen molar-refractivity contribution in [2.45, 2.75) is 18.2 Å². The van der Waals surface area contributed by atoms with Crippen molar-refractivity contribution in [2.24, 2.45) is 0 Å². The zero-order chi connectivity index (χ0) is 11.5. The molecule has 2 rings (SSSR count). The SMILES string of the molecule is CCCSc1c(F)ccc2c(Cl)nccc12. The van der Waals surface area contributed by atoms with Crippen LogP contribution in [0.4, 0.5) is 4.39 Å². The van der Waals surface area contributed by atoms with Crippen molar-refractivity contribution in [3.8, 4) is 0 Å². The second-order valence-electron chi connectivity index (χ2n) is 3.42. The van der Waals surface area contributed by atoms with Crippen molar-refractivity contribution in [3.05, 3.63) is 35.4 Å². The largest absolute Gasteiger partial charge is 0.244 e. The third-order valence-corrected chi connectivity index (χ3v) is 3.87. The van der Waals surface area contributed by atoms with Crippen LogP contribution in [0.3, 0.4) is 0 Å². The molecular formula is C12H11ClFNS. The molecule has 0 aliphatic rings. The summed E-state index contributed by atoms with van der Waals surface area (Å²) in [5, 5.41) is 2.08. The van der Waals surface area contributed by atoms with Crippen LogP contribution in [0.5, 0.6) is 0 Å². The molecule has 0 aliphatic heterocycles. The first kappa shape index (κ1) is 11.7. The molecule has 0 unspecified atom stereocenters. The van der Waals surface area contributed by atoms with Crippen LogP contribution in [0.25, 0.3) is 10.8 Å². The Bertz CT molecular complexity index is 516. The van der Waals surface area contributed by atoms with Gasteiger partial charge >= 0.3 is 0 Å². The highest BCUT2D eigenvalue weighted by Gasteiger charge is 2.09. The molecule has 2 aromatic rings. The summed E-state index contributed by atoms with van der Waals surface area (Å²) in [5.74, 6) is 0.712. The average Bonchev–Trinajstić information content (AvgIpc) is 2.28. The van der Waals surface area contributed by atoms with Gasteiger partial charge in [0.25, 0.3) is 0 Å². The van der Waals surface area contributed by atoms with Gasteiger partial charge in [-0.2, -0.15) is 0 Å². The smallest absolute Gasteiger partial charge is 0.137 e. The third-order valence-electron chi connectivity index (χ3n) is 2.25.